The second kappa shape index (κ2) is 5.92. The van der Waals surface area contributed by atoms with Gasteiger partial charge in [0.15, 0.2) is 6.61 Å². The first kappa shape index (κ1) is 11.5. The van der Waals surface area contributed by atoms with Crippen LogP contribution in [0.5, 0.6) is 5.75 Å². The number of nitrogens with one attached hydrogen (secondary N) is 1. The van der Waals surface area contributed by atoms with E-state index in [-0.39, 0.29) is 6.61 Å². The monoisotopic (exact) mass is 244 g/mol. The molecule has 0 aliphatic heterocycles. The summed E-state index contributed by atoms with van der Waals surface area (Å²) in [4.78, 5) is 1.29. The quantitative estimate of drug-likeness (QED) is 0.878. The average molecular weight is 244 g/mol. The molecule has 0 fully saturated rings. The minimum atomic E-state index is 0.0778. The van der Waals surface area contributed by atoms with E-state index in [4.69, 9.17) is 10.00 Å². The van der Waals surface area contributed by atoms with Gasteiger partial charge in [-0.15, -0.1) is 11.3 Å². The van der Waals surface area contributed by atoms with Crippen molar-refractivity contribution in [3.63, 3.8) is 0 Å². The summed E-state index contributed by atoms with van der Waals surface area (Å²) in [7, 11) is 0. The van der Waals surface area contributed by atoms with Gasteiger partial charge in [0.2, 0.25) is 0 Å². The zero-order valence-corrected chi connectivity index (χ0v) is 10.0. The van der Waals surface area contributed by atoms with Gasteiger partial charge in [0, 0.05) is 23.2 Å². The lowest BCUT2D eigenvalue weighted by molar-refractivity contribution is 0.368. The summed E-state index contributed by atoms with van der Waals surface area (Å²) in [6.45, 7) is 0.883. The normalized spacial score (nSPS) is 9.59. The van der Waals surface area contributed by atoms with E-state index in [1.54, 1.807) is 11.3 Å². The van der Waals surface area contributed by atoms with Crippen LogP contribution in [-0.2, 0) is 6.54 Å². The molecule has 0 aliphatic carbocycles. The third-order valence-electron chi connectivity index (χ3n) is 2.18. The highest BCUT2D eigenvalue weighted by Crippen LogP contribution is 2.18. The van der Waals surface area contributed by atoms with Crippen LogP contribution < -0.4 is 10.1 Å². The molecular formula is C13H12N2OS. The molecule has 0 spiro atoms. The molecule has 1 aromatic heterocycles. The Morgan fingerprint density at radius 1 is 1.29 bits per heavy atom. The number of anilines is 1. The fourth-order valence-corrected chi connectivity index (χ4v) is 2.06. The van der Waals surface area contributed by atoms with Crippen LogP contribution in [0, 0.1) is 11.3 Å². The Morgan fingerprint density at radius 2 is 2.24 bits per heavy atom. The second-order valence-electron chi connectivity index (χ2n) is 3.41. The standard InChI is InChI=1S/C13H12N2OS/c14-6-7-16-12-4-1-3-11(9-12)15-10-13-5-2-8-17-13/h1-5,8-9,15H,7,10H2. The zero-order valence-electron chi connectivity index (χ0n) is 9.22. The highest BCUT2D eigenvalue weighted by molar-refractivity contribution is 7.09. The van der Waals surface area contributed by atoms with Crippen LogP contribution in [0.4, 0.5) is 5.69 Å². The molecule has 0 saturated heterocycles. The molecule has 4 heteroatoms. The van der Waals surface area contributed by atoms with Gasteiger partial charge in [-0.05, 0) is 23.6 Å². The van der Waals surface area contributed by atoms with Crippen molar-refractivity contribution in [3.05, 3.63) is 46.7 Å². The lowest BCUT2D eigenvalue weighted by Gasteiger charge is -2.07. The molecule has 0 atom stereocenters. The number of rotatable bonds is 5. The Bertz CT molecular complexity index is 502. The van der Waals surface area contributed by atoms with Crippen LogP contribution in [0.3, 0.4) is 0 Å². The highest BCUT2D eigenvalue weighted by atomic mass is 32.1. The summed E-state index contributed by atoms with van der Waals surface area (Å²) in [5.74, 6) is 0.711. The number of nitriles is 1. The third kappa shape index (κ3) is 3.51. The number of ether oxygens (including phenoxy) is 1. The summed E-state index contributed by atoms with van der Waals surface area (Å²) < 4.78 is 5.23. The Morgan fingerprint density at radius 3 is 3.00 bits per heavy atom. The maximum absolute atomic E-state index is 8.44. The predicted octanol–water partition coefficient (Wildman–Crippen LogP) is 3.26. The molecule has 3 nitrogen and oxygen atoms in total. The largest absolute Gasteiger partial charge is 0.479 e. The van der Waals surface area contributed by atoms with Crippen molar-refractivity contribution < 1.29 is 4.74 Å². The molecule has 2 rings (SSSR count). The number of hydrogen-bond acceptors (Lipinski definition) is 4. The Labute approximate surface area is 104 Å². The summed E-state index contributed by atoms with van der Waals surface area (Å²) >= 11 is 1.72. The van der Waals surface area contributed by atoms with Crippen LogP contribution in [-0.4, -0.2) is 6.61 Å². The molecule has 0 unspecified atom stereocenters. The minimum absolute atomic E-state index is 0.0778. The van der Waals surface area contributed by atoms with E-state index in [0.717, 1.165) is 12.2 Å². The van der Waals surface area contributed by atoms with Crippen molar-refractivity contribution in [3.8, 4) is 11.8 Å². The van der Waals surface area contributed by atoms with E-state index in [1.807, 2.05) is 36.4 Å². The molecule has 17 heavy (non-hydrogen) atoms. The summed E-state index contributed by atoms with van der Waals surface area (Å²) in [5, 5.41) is 13.8. The fraction of sp³-hybridized carbons (Fsp3) is 0.154. The number of thiophene rings is 1. The molecule has 1 aromatic carbocycles. The Kier molecular flexibility index (Phi) is 4.00. The maximum Gasteiger partial charge on any atom is 0.174 e. The Hall–Kier alpha value is -1.99. The van der Waals surface area contributed by atoms with Gasteiger partial charge in [0.25, 0.3) is 0 Å². The molecule has 0 radical (unpaired) electrons. The number of benzene rings is 1. The first-order valence-electron chi connectivity index (χ1n) is 5.24. The van der Waals surface area contributed by atoms with Crippen LogP contribution in [0.1, 0.15) is 4.88 Å². The second-order valence-corrected chi connectivity index (χ2v) is 4.44. The van der Waals surface area contributed by atoms with E-state index in [0.29, 0.717) is 5.75 Å². The molecule has 2 aromatic rings. The summed E-state index contributed by atoms with van der Waals surface area (Å²) in [5.41, 5.74) is 0.994. The van der Waals surface area contributed by atoms with Crippen molar-refractivity contribution in [1.82, 2.24) is 0 Å². The fourth-order valence-electron chi connectivity index (χ4n) is 1.41. The van der Waals surface area contributed by atoms with Crippen molar-refractivity contribution >= 4 is 17.0 Å². The van der Waals surface area contributed by atoms with Crippen LogP contribution in [0.25, 0.3) is 0 Å². The van der Waals surface area contributed by atoms with Crippen LogP contribution in [0.2, 0.25) is 0 Å². The number of nitrogens with zero attached hydrogens (tertiary/aromatic N) is 1. The van der Waals surface area contributed by atoms with E-state index in [2.05, 4.69) is 16.8 Å². The van der Waals surface area contributed by atoms with Crippen molar-refractivity contribution in [1.29, 1.82) is 5.26 Å². The van der Waals surface area contributed by atoms with Crippen molar-refractivity contribution in [2.45, 2.75) is 6.54 Å². The van der Waals surface area contributed by atoms with Gasteiger partial charge in [-0.25, -0.2) is 0 Å². The topological polar surface area (TPSA) is 45.0 Å². The molecule has 0 aliphatic rings. The van der Waals surface area contributed by atoms with Gasteiger partial charge < -0.3 is 10.1 Å². The van der Waals surface area contributed by atoms with Gasteiger partial charge >= 0.3 is 0 Å². The van der Waals surface area contributed by atoms with Gasteiger partial charge in [-0.3, -0.25) is 0 Å². The summed E-state index contributed by atoms with van der Waals surface area (Å²) in [6, 6.07) is 13.7. The SMILES string of the molecule is N#CCOc1cccc(NCc2cccs2)c1. The van der Waals surface area contributed by atoms with Gasteiger partial charge in [0.05, 0.1) is 0 Å². The first-order valence-corrected chi connectivity index (χ1v) is 6.12. The average Bonchev–Trinajstić information content (AvgIpc) is 2.87. The van der Waals surface area contributed by atoms with E-state index < -0.39 is 0 Å². The van der Waals surface area contributed by atoms with Crippen LogP contribution >= 0.6 is 11.3 Å². The molecule has 86 valence electrons. The smallest absolute Gasteiger partial charge is 0.174 e. The van der Waals surface area contributed by atoms with Crippen molar-refractivity contribution in [2.75, 3.05) is 11.9 Å². The van der Waals surface area contributed by atoms with E-state index >= 15 is 0 Å². The Balaban J connectivity index is 1.94. The van der Waals surface area contributed by atoms with E-state index in [9.17, 15) is 0 Å². The molecule has 0 saturated carbocycles. The minimum Gasteiger partial charge on any atom is -0.479 e. The van der Waals surface area contributed by atoms with Gasteiger partial charge in [-0.1, -0.05) is 12.1 Å². The first-order chi connectivity index (χ1) is 8.38. The van der Waals surface area contributed by atoms with E-state index in [1.165, 1.54) is 4.88 Å². The molecule has 1 N–H and O–H groups in total. The van der Waals surface area contributed by atoms with Crippen LogP contribution in [0.15, 0.2) is 41.8 Å². The molecule has 0 bridgehead atoms. The highest BCUT2D eigenvalue weighted by Gasteiger charge is 1.97. The third-order valence-corrected chi connectivity index (χ3v) is 3.06. The van der Waals surface area contributed by atoms with Gasteiger partial charge in [0.1, 0.15) is 11.8 Å². The predicted molar refractivity (Wildman–Crippen MR) is 69.2 cm³/mol. The zero-order chi connectivity index (χ0) is 11.9. The van der Waals surface area contributed by atoms with Gasteiger partial charge in [-0.2, -0.15) is 5.26 Å². The molecule has 1 heterocycles. The molecule has 0 amide bonds. The van der Waals surface area contributed by atoms with Crippen molar-refractivity contribution in [2.24, 2.45) is 0 Å². The lowest BCUT2D eigenvalue weighted by atomic mass is 10.3. The summed E-state index contributed by atoms with van der Waals surface area (Å²) in [6.07, 6.45) is 0. The number of hydrogen-bond donors (Lipinski definition) is 1. The molecular weight excluding hydrogens is 232 g/mol. The lowest BCUT2D eigenvalue weighted by Crippen LogP contribution is -1.98. The maximum atomic E-state index is 8.44.